The molecule has 0 unspecified atom stereocenters. The lowest BCUT2D eigenvalue weighted by Gasteiger charge is -2.35. The molecular weight excluding hydrogens is 200 g/mol. The highest BCUT2D eigenvalue weighted by atomic mass is 16.3. The van der Waals surface area contributed by atoms with Crippen molar-refractivity contribution in [2.45, 2.75) is 57.5 Å². The van der Waals surface area contributed by atoms with Crippen molar-refractivity contribution >= 4 is 0 Å². The van der Waals surface area contributed by atoms with Crippen molar-refractivity contribution in [3.05, 3.63) is 0 Å². The molecule has 1 aliphatic rings. The van der Waals surface area contributed by atoms with Crippen LogP contribution in [0.25, 0.3) is 0 Å². The van der Waals surface area contributed by atoms with Crippen LogP contribution in [-0.4, -0.2) is 23.8 Å². The van der Waals surface area contributed by atoms with Gasteiger partial charge in [-0.15, -0.1) is 0 Å². The second-order valence-electron chi connectivity index (χ2n) is 5.20. The van der Waals surface area contributed by atoms with E-state index in [0.717, 1.165) is 51.0 Å². The smallest absolute Gasteiger partial charge is 0.0771 e. The molecular formula is C13H24N2O. The summed E-state index contributed by atoms with van der Waals surface area (Å²) in [5.41, 5.74) is -0.470. The molecule has 16 heavy (non-hydrogen) atoms. The Morgan fingerprint density at radius 1 is 1.38 bits per heavy atom. The Balaban J connectivity index is 2.06. The molecule has 1 fully saturated rings. The van der Waals surface area contributed by atoms with Crippen molar-refractivity contribution in [2.75, 3.05) is 13.1 Å². The SMILES string of the molecule is CC1CCC(O)(CNCCCCC#N)CC1. The first-order valence-corrected chi connectivity index (χ1v) is 6.46. The van der Waals surface area contributed by atoms with Crippen LogP contribution in [0.3, 0.4) is 0 Å². The first-order chi connectivity index (χ1) is 7.66. The van der Waals surface area contributed by atoms with Crippen LogP contribution in [-0.2, 0) is 0 Å². The summed E-state index contributed by atoms with van der Waals surface area (Å²) in [6.45, 7) is 3.89. The number of rotatable bonds is 6. The van der Waals surface area contributed by atoms with Gasteiger partial charge in [0.15, 0.2) is 0 Å². The lowest BCUT2D eigenvalue weighted by molar-refractivity contribution is -0.00594. The Bertz CT molecular complexity index is 227. The molecule has 3 nitrogen and oxygen atoms in total. The van der Waals surface area contributed by atoms with Gasteiger partial charge >= 0.3 is 0 Å². The van der Waals surface area contributed by atoms with Gasteiger partial charge in [-0.2, -0.15) is 5.26 Å². The van der Waals surface area contributed by atoms with Crippen molar-refractivity contribution in [2.24, 2.45) is 5.92 Å². The predicted octanol–water partition coefficient (Wildman–Crippen LogP) is 2.21. The summed E-state index contributed by atoms with van der Waals surface area (Å²) >= 11 is 0. The fourth-order valence-corrected chi connectivity index (χ4v) is 2.25. The van der Waals surface area contributed by atoms with Gasteiger partial charge in [-0.1, -0.05) is 6.92 Å². The van der Waals surface area contributed by atoms with Gasteiger partial charge in [-0.05, 0) is 51.0 Å². The van der Waals surface area contributed by atoms with E-state index < -0.39 is 5.60 Å². The molecule has 0 radical (unpaired) electrons. The molecule has 0 aromatic heterocycles. The summed E-state index contributed by atoms with van der Waals surface area (Å²) in [6, 6.07) is 2.14. The molecule has 0 aromatic carbocycles. The number of nitrogens with zero attached hydrogens (tertiary/aromatic N) is 1. The summed E-state index contributed by atoms with van der Waals surface area (Å²) in [6.07, 6.45) is 6.78. The summed E-state index contributed by atoms with van der Waals surface area (Å²) in [5, 5.41) is 22.0. The van der Waals surface area contributed by atoms with Gasteiger partial charge in [0.25, 0.3) is 0 Å². The molecule has 0 amide bonds. The molecule has 0 aliphatic heterocycles. The molecule has 2 N–H and O–H groups in total. The number of hydrogen-bond donors (Lipinski definition) is 2. The van der Waals surface area contributed by atoms with E-state index in [2.05, 4.69) is 18.3 Å². The molecule has 0 heterocycles. The van der Waals surface area contributed by atoms with Crippen LogP contribution >= 0.6 is 0 Å². The maximum Gasteiger partial charge on any atom is 0.0771 e. The Hall–Kier alpha value is -0.590. The van der Waals surface area contributed by atoms with E-state index in [0.29, 0.717) is 13.0 Å². The van der Waals surface area contributed by atoms with Crippen molar-refractivity contribution in [3.63, 3.8) is 0 Å². The van der Waals surface area contributed by atoms with Gasteiger partial charge < -0.3 is 10.4 Å². The molecule has 0 aromatic rings. The zero-order valence-corrected chi connectivity index (χ0v) is 10.3. The molecule has 1 saturated carbocycles. The van der Waals surface area contributed by atoms with Gasteiger partial charge in [0.2, 0.25) is 0 Å². The van der Waals surface area contributed by atoms with Gasteiger partial charge in [0, 0.05) is 13.0 Å². The average molecular weight is 224 g/mol. The largest absolute Gasteiger partial charge is 0.389 e. The molecule has 3 heteroatoms. The second kappa shape index (κ2) is 6.88. The van der Waals surface area contributed by atoms with Crippen LogP contribution in [0.5, 0.6) is 0 Å². The quantitative estimate of drug-likeness (QED) is 0.680. The minimum absolute atomic E-state index is 0.470. The molecule has 0 bridgehead atoms. The van der Waals surface area contributed by atoms with Gasteiger partial charge in [-0.25, -0.2) is 0 Å². The van der Waals surface area contributed by atoms with Crippen LogP contribution in [0, 0.1) is 17.2 Å². The number of nitrogens with one attached hydrogen (secondary N) is 1. The van der Waals surface area contributed by atoms with E-state index in [9.17, 15) is 5.11 Å². The second-order valence-corrected chi connectivity index (χ2v) is 5.20. The summed E-state index contributed by atoms with van der Waals surface area (Å²) in [4.78, 5) is 0. The molecule has 1 rings (SSSR count). The van der Waals surface area contributed by atoms with Gasteiger partial charge in [-0.3, -0.25) is 0 Å². The molecule has 92 valence electrons. The summed E-state index contributed by atoms with van der Waals surface area (Å²) in [5.74, 6) is 0.774. The predicted molar refractivity (Wildman–Crippen MR) is 64.9 cm³/mol. The van der Waals surface area contributed by atoms with Gasteiger partial charge in [0.1, 0.15) is 0 Å². The maximum absolute atomic E-state index is 10.3. The van der Waals surface area contributed by atoms with Crippen LogP contribution in [0.1, 0.15) is 51.9 Å². The number of nitriles is 1. The Labute approximate surface area is 98.8 Å². The normalized spacial score (nSPS) is 29.9. The van der Waals surface area contributed by atoms with E-state index in [4.69, 9.17) is 5.26 Å². The molecule has 0 spiro atoms. The Kier molecular flexibility index (Phi) is 5.79. The third-order valence-corrected chi connectivity index (χ3v) is 3.55. The topological polar surface area (TPSA) is 56.0 Å². The van der Waals surface area contributed by atoms with E-state index in [1.54, 1.807) is 0 Å². The van der Waals surface area contributed by atoms with E-state index in [1.165, 1.54) is 0 Å². The highest BCUT2D eigenvalue weighted by molar-refractivity contribution is 4.86. The first kappa shape index (κ1) is 13.5. The fourth-order valence-electron chi connectivity index (χ4n) is 2.25. The maximum atomic E-state index is 10.3. The lowest BCUT2D eigenvalue weighted by Crippen LogP contribution is -2.43. The molecule has 1 aliphatic carbocycles. The standard InChI is InChI=1S/C13H24N2O/c1-12-5-7-13(16,8-6-12)11-15-10-4-2-3-9-14/h12,15-16H,2-8,10-11H2,1H3. The van der Waals surface area contributed by atoms with Gasteiger partial charge in [0.05, 0.1) is 11.7 Å². The minimum Gasteiger partial charge on any atom is -0.389 e. The highest BCUT2D eigenvalue weighted by Gasteiger charge is 2.30. The Morgan fingerprint density at radius 3 is 2.69 bits per heavy atom. The highest BCUT2D eigenvalue weighted by Crippen LogP contribution is 2.31. The number of hydrogen-bond acceptors (Lipinski definition) is 3. The zero-order chi connectivity index (χ0) is 11.9. The monoisotopic (exact) mass is 224 g/mol. The van der Waals surface area contributed by atoms with E-state index in [1.807, 2.05) is 0 Å². The van der Waals surface area contributed by atoms with Crippen LogP contribution in [0.2, 0.25) is 0 Å². The van der Waals surface area contributed by atoms with E-state index >= 15 is 0 Å². The third kappa shape index (κ3) is 4.96. The number of unbranched alkanes of at least 4 members (excludes halogenated alkanes) is 2. The third-order valence-electron chi connectivity index (χ3n) is 3.55. The van der Waals surface area contributed by atoms with Crippen molar-refractivity contribution in [1.82, 2.24) is 5.32 Å². The van der Waals surface area contributed by atoms with Crippen LogP contribution in [0.4, 0.5) is 0 Å². The average Bonchev–Trinajstić information content (AvgIpc) is 2.28. The Morgan fingerprint density at radius 2 is 2.06 bits per heavy atom. The summed E-state index contributed by atoms with van der Waals surface area (Å²) in [7, 11) is 0. The first-order valence-electron chi connectivity index (χ1n) is 6.46. The van der Waals surface area contributed by atoms with Crippen molar-refractivity contribution in [1.29, 1.82) is 5.26 Å². The summed E-state index contributed by atoms with van der Waals surface area (Å²) < 4.78 is 0. The zero-order valence-electron chi connectivity index (χ0n) is 10.3. The van der Waals surface area contributed by atoms with Crippen molar-refractivity contribution < 1.29 is 5.11 Å². The number of aliphatic hydroxyl groups is 1. The van der Waals surface area contributed by atoms with Crippen LogP contribution in [0.15, 0.2) is 0 Å². The van der Waals surface area contributed by atoms with E-state index in [-0.39, 0.29) is 0 Å². The molecule has 0 atom stereocenters. The van der Waals surface area contributed by atoms with Crippen LogP contribution < -0.4 is 5.32 Å². The molecule has 0 saturated heterocycles. The minimum atomic E-state index is -0.470. The van der Waals surface area contributed by atoms with Crippen molar-refractivity contribution in [3.8, 4) is 6.07 Å². The fraction of sp³-hybridized carbons (Fsp3) is 0.923. The lowest BCUT2D eigenvalue weighted by atomic mass is 9.79.